The van der Waals surface area contributed by atoms with Gasteiger partial charge in [0.1, 0.15) is 5.75 Å². The highest BCUT2D eigenvalue weighted by molar-refractivity contribution is 5.67. The molecule has 0 aromatic heterocycles. The van der Waals surface area contributed by atoms with E-state index in [4.69, 9.17) is 9.84 Å². The lowest BCUT2D eigenvalue weighted by Crippen LogP contribution is -2.25. The van der Waals surface area contributed by atoms with Gasteiger partial charge in [-0.15, -0.1) is 0 Å². The van der Waals surface area contributed by atoms with Crippen molar-refractivity contribution in [3.63, 3.8) is 0 Å². The molecule has 0 fully saturated rings. The van der Waals surface area contributed by atoms with Crippen molar-refractivity contribution in [3.8, 4) is 5.75 Å². The van der Waals surface area contributed by atoms with Gasteiger partial charge in [-0.25, -0.2) is 0 Å². The van der Waals surface area contributed by atoms with Crippen LogP contribution in [-0.4, -0.2) is 31.3 Å². The van der Waals surface area contributed by atoms with Gasteiger partial charge in [-0.05, 0) is 42.5 Å². The summed E-state index contributed by atoms with van der Waals surface area (Å²) in [6.45, 7) is 3.51. The lowest BCUT2D eigenvalue weighted by Gasteiger charge is -2.25. The van der Waals surface area contributed by atoms with Crippen LogP contribution in [-0.2, 0) is 11.2 Å². The van der Waals surface area contributed by atoms with Crippen LogP contribution in [0.2, 0.25) is 0 Å². The van der Waals surface area contributed by atoms with E-state index in [1.54, 1.807) is 0 Å². The van der Waals surface area contributed by atoms with Crippen molar-refractivity contribution in [2.75, 3.05) is 25.1 Å². The summed E-state index contributed by atoms with van der Waals surface area (Å²) in [7, 11) is 2.00. The molecular formula is C15H21NO3. The summed E-state index contributed by atoms with van der Waals surface area (Å²) < 4.78 is 5.60. The minimum absolute atomic E-state index is 0.134. The number of carboxylic acids is 1. The predicted octanol–water partition coefficient (Wildman–Crippen LogP) is 2.56. The molecule has 0 aliphatic carbocycles. The number of ether oxygens (including phenoxy) is 1. The Bertz CT molecular complexity index is 459. The molecule has 1 aliphatic heterocycles. The van der Waals surface area contributed by atoms with Crippen LogP contribution in [0.5, 0.6) is 5.75 Å². The summed E-state index contributed by atoms with van der Waals surface area (Å²) in [5, 5.41) is 8.79. The molecule has 0 spiro atoms. The van der Waals surface area contributed by atoms with E-state index in [1.165, 1.54) is 5.56 Å². The zero-order valence-corrected chi connectivity index (χ0v) is 11.6. The maximum absolute atomic E-state index is 10.7. The van der Waals surface area contributed by atoms with E-state index in [1.807, 2.05) is 26.1 Å². The fraction of sp³-hybridized carbons (Fsp3) is 0.533. The third kappa shape index (κ3) is 3.63. The fourth-order valence-electron chi connectivity index (χ4n) is 2.52. The third-order valence-electron chi connectivity index (χ3n) is 3.44. The number of anilines is 1. The van der Waals surface area contributed by atoms with Gasteiger partial charge >= 0.3 is 5.97 Å². The van der Waals surface area contributed by atoms with Gasteiger partial charge in [0.15, 0.2) is 0 Å². The first kappa shape index (κ1) is 13.7. The largest absolute Gasteiger partial charge is 0.493 e. The number of hydrogen-bond acceptors (Lipinski definition) is 3. The highest BCUT2D eigenvalue weighted by Crippen LogP contribution is 2.29. The van der Waals surface area contributed by atoms with Crippen molar-refractivity contribution < 1.29 is 14.6 Å². The molecule has 0 radical (unpaired) electrons. The van der Waals surface area contributed by atoms with E-state index in [0.29, 0.717) is 0 Å². The summed E-state index contributed by atoms with van der Waals surface area (Å²) in [4.78, 5) is 12.8. The molecule has 1 aromatic carbocycles. The van der Waals surface area contributed by atoms with Crippen molar-refractivity contribution in [3.05, 3.63) is 23.8 Å². The standard InChI is InChI=1S/C15H21NO3/c1-11(8-15(17)18)10-16(2)13-5-6-14-12(9-13)4-3-7-19-14/h5-6,9,11H,3-4,7-8,10H2,1-2H3,(H,17,18). The predicted molar refractivity (Wildman–Crippen MR) is 74.9 cm³/mol. The second-order valence-electron chi connectivity index (χ2n) is 5.33. The third-order valence-corrected chi connectivity index (χ3v) is 3.44. The molecule has 104 valence electrons. The monoisotopic (exact) mass is 263 g/mol. The molecule has 0 bridgehead atoms. The molecule has 1 heterocycles. The van der Waals surface area contributed by atoms with Crippen LogP contribution in [0, 0.1) is 5.92 Å². The molecule has 1 atom stereocenters. The first-order valence-electron chi connectivity index (χ1n) is 6.75. The van der Waals surface area contributed by atoms with Gasteiger partial charge in [-0.3, -0.25) is 4.79 Å². The van der Waals surface area contributed by atoms with E-state index in [0.717, 1.165) is 37.4 Å². The Morgan fingerprint density at radius 2 is 2.32 bits per heavy atom. The normalized spacial score (nSPS) is 15.3. The Morgan fingerprint density at radius 3 is 3.05 bits per heavy atom. The number of carbonyl (C=O) groups is 1. The van der Waals surface area contributed by atoms with Crippen LogP contribution >= 0.6 is 0 Å². The van der Waals surface area contributed by atoms with Gasteiger partial charge < -0.3 is 14.7 Å². The lowest BCUT2D eigenvalue weighted by atomic mass is 10.0. The van der Waals surface area contributed by atoms with Crippen LogP contribution in [0.1, 0.15) is 25.3 Å². The lowest BCUT2D eigenvalue weighted by molar-refractivity contribution is -0.137. The van der Waals surface area contributed by atoms with Crippen molar-refractivity contribution in [2.45, 2.75) is 26.2 Å². The maximum Gasteiger partial charge on any atom is 0.303 e. The first-order chi connectivity index (χ1) is 9.06. The molecule has 1 unspecified atom stereocenters. The van der Waals surface area contributed by atoms with Crippen LogP contribution in [0.4, 0.5) is 5.69 Å². The van der Waals surface area contributed by atoms with Gasteiger partial charge in [-0.1, -0.05) is 6.92 Å². The number of fused-ring (bicyclic) bond motifs is 1. The van der Waals surface area contributed by atoms with Crippen LogP contribution < -0.4 is 9.64 Å². The molecule has 4 nitrogen and oxygen atoms in total. The summed E-state index contributed by atoms with van der Waals surface area (Å²) in [6, 6.07) is 6.21. The second kappa shape index (κ2) is 5.95. The number of carboxylic acid groups (broad SMARTS) is 1. The average Bonchev–Trinajstić information content (AvgIpc) is 2.37. The average molecular weight is 263 g/mol. The number of rotatable bonds is 5. The number of nitrogens with zero attached hydrogens (tertiary/aromatic N) is 1. The van der Waals surface area contributed by atoms with Crippen molar-refractivity contribution >= 4 is 11.7 Å². The first-order valence-corrected chi connectivity index (χ1v) is 6.75. The van der Waals surface area contributed by atoms with E-state index in [2.05, 4.69) is 11.0 Å². The Kier molecular flexibility index (Phi) is 4.30. The van der Waals surface area contributed by atoms with Crippen molar-refractivity contribution in [2.24, 2.45) is 5.92 Å². The molecule has 0 saturated heterocycles. The molecule has 2 rings (SSSR count). The van der Waals surface area contributed by atoms with Gasteiger partial charge in [0.2, 0.25) is 0 Å². The Morgan fingerprint density at radius 1 is 1.53 bits per heavy atom. The molecule has 1 aliphatic rings. The Hall–Kier alpha value is -1.71. The quantitative estimate of drug-likeness (QED) is 0.887. The van der Waals surface area contributed by atoms with Gasteiger partial charge in [-0.2, -0.15) is 0 Å². The van der Waals surface area contributed by atoms with Gasteiger partial charge in [0.05, 0.1) is 6.61 Å². The molecule has 0 amide bonds. The van der Waals surface area contributed by atoms with E-state index in [9.17, 15) is 4.79 Å². The molecule has 1 aromatic rings. The highest BCUT2D eigenvalue weighted by Gasteiger charge is 2.14. The Balaban J connectivity index is 2.02. The Labute approximate surface area is 114 Å². The number of aryl methyl sites for hydroxylation is 1. The van der Waals surface area contributed by atoms with E-state index in [-0.39, 0.29) is 12.3 Å². The maximum atomic E-state index is 10.7. The highest BCUT2D eigenvalue weighted by atomic mass is 16.5. The van der Waals surface area contributed by atoms with Crippen molar-refractivity contribution in [1.29, 1.82) is 0 Å². The molecular weight excluding hydrogens is 242 g/mol. The number of aliphatic carboxylic acids is 1. The van der Waals surface area contributed by atoms with Crippen LogP contribution in [0.25, 0.3) is 0 Å². The summed E-state index contributed by atoms with van der Waals surface area (Å²) in [5.74, 6) is 0.386. The number of hydrogen-bond donors (Lipinski definition) is 1. The fourth-order valence-corrected chi connectivity index (χ4v) is 2.52. The summed E-state index contributed by atoms with van der Waals surface area (Å²) >= 11 is 0. The summed E-state index contributed by atoms with van der Waals surface area (Å²) in [6.07, 6.45) is 2.33. The summed E-state index contributed by atoms with van der Waals surface area (Å²) in [5.41, 5.74) is 2.38. The van der Waals surface area contributed by atoms with E-state index < -0.39 is 5.97 Å². The molecule has 4 heteroatoms. The van der Waals surface area contributed by atoms with E-state index >= 15 is 0 Å². The minimum Gasteiger partial charge on any atom is -0.493 e. The zero-order chi connectivity index (χ0) is 13.8. The topological polar surface area (TPSA) is 49.8 Å². The van der Waals surface area contributed by atoms with Crippen LogP contribution in [0.15, 0.2) is 18.2 Å². The SMILES string of the molecule is CC(CC(=O)O)CN(C)c1ccc2c(c1)CCCO2. The van der Waals surface area contributed by atoms with Crippen molar-refractivity contribution in [1.82, 2.24) is 0 Å². The second-order valence-corrected chi connectivity index (χ2v) is 5.33. The minimum atomic E-state index is -0.736. The smallest absolute Gasteiger partial charge is 0.303 e. The number of benzene rings is 1. The van der Waals surface area contributed by atoms with Crippen LogP contribution in [0.3, 0.4) is 0 Å². The molecule has 19 heavy (non-hydrogen) atoms. The van der Waals surface area contributed by atoms with Gasteiger partial charge in [0.25, 0.3) is 0 Å². The van der Waals surface area contributed by atoms with Gasteiger partial charge in [0, 0.05) is 25.7 Å². The molecule has 1 N–H and O–H groups in total. The molecule has 0 saturated carbocycles. The zero-order valence-electron chi connectivity index (χ0n) is 11.6.